The first-order valence-corrected chi connectivity index (χ1v) is 7.52. The number of benzene rings is 1. The SMILES string of the molecule is Cc1c(C)c2c(c(C3CC(=O)C=C(O)C3)c1C)CCC2. The van der Waals surface area contributed by atoms with Crippen molar-refractivity contribution in [2.75, 3.05) is 0 Å². The van der Waals surface area contributed by atoms with Crippen LogP contribution in [0.5, 0.6) is 0 Å². The van der Waals surface area contributed by atoms with Gasteiger partial charge >= 0.3 is 0 Å². The molecule has 106 valence electrons. The van der Waals surface area contributed by atoms with Crippen LogP contribution in [0.1, 0.15) is 58.6 Å². The topological polar surface area (TPSA) is 37.3 Å². The highest BCUT2D eigenvalue weighted by molar-refractivity contribution is 5.91. The van der Waals surface area contributed by atoms with Crippen LogP contribution in [0, 0.1) is 20.8 Å². The van der Waals surface area contributed by atoms with E-state index in [0.717, 1.165) is 12.8 Å². The van der Waals surface area contributed by atoms with Gasteiger partial charge < -0.3 is 5.11 Å². The number of hydrogen-bond acceptors (Lipinski definition) is 2. The van der Waals surface area contributed by atoms with Crippen molar-refractivity contribution in [3.63, 3.8) is 0 Å². The molecule has 3 rings (SSSR count). The van der Waals surface area contributed by atoms with Gasteiger partial charge in [0.15, 0.2) is 5.78 Å². The monoisotopic (exact) mass is 270 g/mol. The predicted molar refractivity (Wildman–Crippen MR) is 80.4 cm³/mol. The standard InChI is InChI=1S/C18H22O2/c1-10-11(2)16-5-4-6-17(16)18(12(10)3)13-7-14(19)9-15(20)8-13/h9,13,19H,4-8H2,1-3H3. The zero-order valence-electron chi connectivity index (χ0n) is 12.5. The van der Waals surface area contributed by atoms with Crippen molar-refractivity contribution in [2.45, 2.75) is 58.8 Å². The molecule has 1 unspecified atom stereocenters. The average Bonchev–Trinajstić information content (AvgIpc) is 2.84. The molecule has 2 heteroatoms. The Kier molecular flexibility index (Phi) is 3.19. The lowest BCUT2D eigenvalue weighted by Crippen LogP contribution is -2.16. The molecule has 0 saturated heterocycles. The summed E-state index contributed by atoms with van der Waals surface area (Å²) in [6.07, 6.45) is 6.06. The van der Waals surface area contributed by atoms with Crippen molar-refractivity contribution in [2.24, 2.45) is 0 Å². The maximum Gasteiger partial charge on any atom is 0.159 e. The Hall–Kier alpha value is -1.57. The molecule has 0 fully saturated rings. The van der Waals surface area contributed by atoms with Crippen LogP contribution in [0.2, 0.25) is 0 Å². The van der Waals surface area contributed by atoms with Gasteiger partial charge in [-0.2, -0.15) is 0 Å². The molecule has 2 aliphatic carbocycles. The number of ketones is 1. The lowest BCUT2D eigenvalue weighted by molar-refractivity contribution is -0.115. The minimum atomic E-state index is 0.0584. The van der Waals surface area contributed by atoms with Crippen LogP contribution in [-0.4, -0.2) is 10.9 Å². The van der Waals surface area contributed by atoms with Gasteiger partial charge in [0.2, 0.25) is 0 Å². The summed E-state index contributed by atoms with van der Waals surface area (Å²) in [5.41, 5.74) is 8.45. The van der Waals surface area contributed by atoms with Crippen LogP contribution in [0.15, 0.2) is 11.8 Å². The second-order valence-corrected chi connectivity index (χ2v) is 6.31. The van der Waals surface area contributed by atoms with Crippen molar-refractivity contribution in [3.8, 4) is 0 Å². The highest BCUT2D eigenvalue weighted by Crippen LogP contribution is 2.41. The molecule has 2 nitrogen and oxygen atoms in total. The number of rotatable bonds is 1. The fourth-order valence-corrected chi connectivity index (χ4v) is 4.02. The van der Waals surface area contributed by atoms with Crippen LogP contribution in [0.3, 0.4) is 0 Å². The molecule has 1 N–H and O–H groups in total. The highest BCUT2D eigenvalue weighted by atomic mass is 16.3. The minimum absolute atomic E-state index is 0.0584. The maximum absolute atomic E-state index is 11.8. The second kappa shape index (κ2) is 4.76. The van der Waals surface area contributed by atoms with Gasteiger partial charge in [-0.05, 0) is 79.3 Å². The fraction of sp³-hybridized carbons (Fsp3) is 0.500. The Morgan fingerprint density at radius 2 is 1.70 bits per heavy atom. The molecule has 20 heavy (non-hydrogen) atoms. The number of hydrogen-bond donors (Lipinski definition) is 1. The quantitative estimate of drug-likeness (QED) is 0.837. The van der Waals surface area contributed by atoms with Crippen molar-refractivity contribution < 1.29 is 9.90 Å². The molecule has 1 aromatic carbocycles. The van der Waals surface area contributed by atoms with Gasteiger partial charge in [0.25, 0.3) is 0 Å². The van der Waals surface area contributed by atoms with E-state index >= 15 is 0 Å². The molecule has 0 heterocycles. The lowest BCUT2D eigenvalue weighted by atomic mass is 9.78. The Balaban J connectivity index is 2.15. The summed E-state index contributed by atoms with van der Waals surface area (Å²) in [4.78, 5) is 11.8. The van der Waals surface area contributed by atoms with E-state index in [-0.39, 0.29) is 17.5 Å². The summed E-state index contributed by atoms with van der Waals surface area (Å²) in [5.74, 6) is 0.470. The van der Waals surface area contributed by atoms with Gasteiger partial charge in [0, 0.05) is 18.9 Å². The van der Waals surface area contributed by atoms with Crippen LogP contribution in [0.25, 0.3) is 0 Å². The lowest BCUT2D eigenvalue weighted by Gasteiger charge is -2.26. The Morgan fingerprint density at radius 3 is 2.40 bits per heavy atom. The minimum Gasteiger partial charge on any atom is -0.512 e. The first kappa shape index (κ1) is 13.4. The molecule has 0 spiro atoms. The molecule has 1 aromatic rings. The van der Waals surface area contributed by atoms with Crippen LogP contribution in [-0.2, 0) is 17.6 Å². The van der Waals surface area contributed by atoms with Gasteiger partial charge in [-0.3, -0.25) is 4.79 Å². The van der Waals surface area contributed by atoms with Crippen molar-refractivity contribution >= 4 is 5.78 Å². The van der Waals surface area contributed by atoms with E-state index in [1.807, 2.05) is 0 Å². The Bertz CT molecular complexity index is 623. The van der Waals surface area contributed by atoms with Crippen LogP contribution < -0.4 is 0 Å². The molecular weight excluding hydrogens is 248 g/mol. The van der Waals surface area contributed by atoms with Gasteiger partial charge in [-0.25, -0.2) is 0 Å². The smallest absolute Gasteiger partial charge is 0.159 e. The number of aliphatic hydroxyl groups excluding tert-OH is 1. The summed E-state index contributed by atoms with van der Waals surface area (Å²) in [5, 5.41) is 9.81. The Morgan fingerprint density at radius 1 is 1.00 bits per heavy atom. The van der Waals surface area contributed by atoms with Gasteiger partial charge in [-0.1, -0.05) is 0 Å². The van der Waals surface area contributed by atoms with Gasteiger partial charge in [-0.15, -0.1) is 0 Å². The molecule has 2 aliphatic rings. The van der Waals surface area contributed by atoms with Crippen LogP contribution >= 0.6 is 0 Å². The summed E-state index contributed by atoms with van der Waals surface area (Å²) < 4.78 is 0. The zero-order chi connectivity index (χ0) is 14.4. The first-order valence-electron chi connectivity index (χ1n) is 7.52. The van der Waals surface area contributed by atoms with E-state index in [0.29, 0.717) is 12.8 Å². The maximum atomic E-state index is 11.8. The molecule has 0 bridgehead atoms. The van der Waals surface area contributed by atoms with E-state index < -0.39 is 0 Å². The predicted octanol–water partition coefficient (Wildman–Crippen LogP) is 3.99. The first-order chi connectivity index (χ1) is 9.49. The largest absolute Gasteiger partial charge is 0.512 e. The summed E-state index contributed by atoms with van der Waals surface area (Å²) >= 11 is 0. The van der Waals surface area contributed by atoms with E-state index in [1.165, 1.54) is 45.9 Å². The number of allylic oxidation sites excluding steroid dienone is 2. The zero-order valence-corrected chi connectivity index (χ0v) is 12.5. The third kappa shape index (κ3) is 1.98. The normalized spacial score (nSPS) is 21.9. The van der Waals surface area contributed by atoms with Gasteiger partial charge in [0.05, 0.1) is 5.76 Å². The van der Waals surface area contributed by atoms with Gasteiger partial charge in [0.1, 0.15) is 0 Å². The number of carbonyl (C=O) groups excluding carboxylic acids is 1. The fourth-order valence-electron chi connectivity index (χ4n) is 4.02. The summed E-state index contributed by atoms with van der Waals surface area (Å²) in [6.45, 7) is 6.59. The number of aliphatic hydroxyl groups is 1. The molecule has 0 radical (unpaired) electrons. The molecule has 1 atom stereocenters. The molecular formula is C18H22O2. The van der Waals surface area contributed by atoms with Crippen molar-refractivity contribution in [1.82, 2.24) is 0 Å². The summed E-state index contributed by atoms with van der Waals surface area (Å²) in [6, 6.07) is 0. The molecule has 0 aromatic heterocycles. The molecule has 0 aliphatic heterocycles. The van der Waals surface area contributed by atoms with E-state index in [4.69, 9.17) is 0 Å². The third-order valence-electron chi connectivity index (χ3n) is 5.16. The Labute approximate surface area is 120 Å². The van der Waals surface area contributed by atoms with Crippen molar-refractivity contribution in [3.05, 3.63) is 45.2 Å². The average molecular weight is 270 g/mol. The highest BCUT2D eigenvalue weighted by Gasteiger charge is 2.29. The van der Waals surface area contributed by atoms with E-state index in [1.54, 1.807) is 0 Å². The summed E-state index contributed by atoms with van der Waals surface area (Å²) in [7, 11) is 0. The number of carbonyl (C=O) groups is 1. The van der Waals surface area contributed by atoms with Crippen molar-refractivity contribution in [1.29, 1.82) is 0 Å². The second-order valence-electron chi connectivity index (χ2n) is 6.31. The van der Waals surface area contributed by atoms with Crippen LogP contribution in [0.4, 0.5) is 0 Å². The van der Waals surface area contributed by atoms with E-state index in [9.17, 15) is 9.90 Å². The molecule has 0 amide bonds. The number of fused-ring (bicyclic) bond motifs is 1. The molecule has 0 saturated carbocycles. The van der Waals surface area contributed by atoms with E-state index in [2.05, 4.69) is 20.8 Å². The third-order valence-corrected chi connectivity index (χ3v) is 5.16.